The predicted octanol–water partition coefficient (Wildman–Crippen LogP) is 4.87. The fraction of sp³-hybridized carbons (Fsp3) is 0.192. The van der Waals surface area contributed by atoms with Crippen LogP contribution in [0.3, 0.4) is 0 Å². The summed E-state index contributed by atoms with van der Waals surface area (Å²) in [5, 5.41) is 13.5. The van der Waals surface area contributed by atoms with Gasteiger partial charge in [-0.1, -0.05) is 81.1 Å². The van der Waals surface area contributed by atoms with Gasteiger partial charge in [-0.3, -0.25) is 14.3 Å². The first-order valence-electron chi connectivity index (χ1n) is 10.9. The average Bonchev–Trinajstić information content (AvgIpc) is 3.27. The number of benzene rings is 2. The number of nitrogens with zero attached hydrogens (tertiary/aromatic N) is 5. The lowest BCUT2D eigenvalue weighted by Crippen LogP contribution is -2.20. The minimum Gasteiger partial charge on any atom is -0.272 e. The number of thioether (sulfide) groups is 1. The molecule has 34 heavy (non-hydrogen) atoms. The second kappa shape index (κ2) is 10.4. The second-order valence-electron chi connectivity index (χ2n) is 8.67. The molecule has 1 amide bonds. The molecule has 0 unspecified atom stereocenters. The van der Waals surface area contributed by atoms with Crippen LogP contribution in [0.5, 0.6) is 0 Å². The summed E-state index contributed by atoms with van der Waals surface area (Å²) in [6.07, 6.45) is 4.91. The molecule has 0 saturated heterocycles. The fourth-order valence-corrected chi connectivity index (χ4v) is 4.02. The van der Waals surface area contributed by atoms with Gasteiger partial charge < -0.3 is 0 Å². The first-order chi connectivity index (χ1) is 16.4. The quantitative estimate of drug-likeness (QED) is 0.237. The molecule has 0 fully saturated rings. The van der Waals surface area contributed by atoms with Crippen molar-refractivity contribution in [3.8, 4) is 17.1 Å². The van der Waals surface area contributed by atoms with Crippen molar-refractivity contribution in [3.05, 3.63) is 90.3 Å². The molecule has 2 aromatic carbocycles. The van der Waals surface area contributed by atoms with Gasteiger partial charge in [-0.25, -0.2) is 5.43 Å². The number of hydrogen-bond acceptors (Lipinski definition) is 6. The lowest BCUT2D eigenvalue weighted by molar-refractivity contribution is -0.118. The van der Waals surface area contributed by atoms with Crippen molar-refractivity contribution in [1.29, 1.82) is 0 Å². The summed E-state index contributed by atoms with van der Waals surface area (Å²) >= 11 is 1.31. The Labute approximate surface area is 203 Å². The van der Waals surface area contributed by atoms with Crippen LogP contribution in [0.25, 0.3) is 17.1 Å². The van der Waals surface area contributed by atoms with Crippen LogP contribution in [0.2, 0.25) is 0 Å². The molecule has 0 spiro atoms. The zero-order chi connectivity index (χ0) is 24.0. The summed E-state index contributed by atoms with van der Waals surface area (Å²) in [4.78, 5) is 16.4. The number of hydrogen-bond donors (Lipinski definition) is 1. The lowest BCUT2D eigenvalue weighted by atomic mass is 9.87. The standard InChI is InChI=1S/C26H26N6OS/c1-26(2,3)21-13-11-20(12-14-21)24-30-31-25(32(24)22-9-5-4-6-10-22)34-18-23(33)29-28-17-19-8-7-15-27-16-19/h4-17H,18H2,1-3H3,(H,29,33)/b28-17-. The van der Waals surface area contributed by atoms with Crippen molar-refractivity contribution >= 4 is 23.9 Å². The molecule has 0 saturated carbocycles. The Balaban J connectivity index is 1.53. The van der Waals surface area contributed by atoms with E-state index in [1.165, 1.54) is 17.3 Å². The Bertz CT molecular complexity index is 1260. The summed E-state index contributed by atoms with van der Waals surface area (Å²) in [6, 6.07) is 21.9. The van der Waals surface area contributed by atoms with Crippen molar-refractivity contribution in [2.75, 3.05) is 5.75 Å². The van der Waals surface area contributed by atoms with E-state index >= 15 is 0 Å². The van der Waals surface area contributed by atoms with E-state index in [2.05, 4.69) is 70.7 Å². The maximum absolute atomic E-state index is 12.3. The van der Waals surface area contributed by atoms with Crippen LogP contribution in [-0.2, 0) is 10.2 Å². The molecule has 0 atom stereocenters. The van der Waals surface area contributed by atoms with E-state index in [0.717, 1.165) is 22.6 Å². The van der Waals surface area contributed by atoms with Crippen LogP contribution < -0.4 is 5.43 Å². The van der Waals surface area contributed by atoms with Gasteiger partial charge in [0.05, 0.1) is 12.0 Å². The topological polar surface area (TPSA) is 85.1 Å². The number of carbonyl (C=O) groups is 1. The minimum atomic E-state index is -0.233. The van der Waals surface area contributed by atoms with Crippen molar-refractivity contribution < 1.29 is 4.79 Å². The number of rotatable bonds is 7. The third-order valence-electron chi connectivity index (χ3n) is 5.08. The molecule has 0 aliphatic carbocycles. The highest BCUT2D eigenvalue weighted by molar-refractivity contribution is 7.99. The van der Waals surface area contributed by atoms with Crippen LogP contribution >= 0.6 is 11.8 Å². The molecule has 2 heterocycles. The summed E-state index contributed by atoms with van der Waals surface area (Å²) in [5.41, 5.74) is 6.56. The van der Waals surface area contributed by atoms with Gasteiger partial charge in [-0.15, -0.1) is 10.2 Å². The molecule has 0 aliphatic rings. The van der Waals surface area contributed by atoms with E-state index < -0.39 is 0 Å². The van der Waals surface area contributed by atoms with Gasteiger partial charge >= 0.3 is 0 Å². The SMILES string of the molecule is CC(C)(C)c1ccc(-c2nnc(SCC(=O)N/N=C\c3cccnc3)n2-c2ccccc2)cc1. The van der Waals surface area contributed by atoms with Crippen LogP contribution in [0, 0.1) is 0 Å². The van der Waals surface area contributed by atoms with Gasteiger partial charge in [0.15, 0.2) is 11.0 Å². The number of amides is 1. The second-order valence-corrected chi connectivity index (χ2v) is 9.62. The Morgan fingerprint density at radius 2 is 1.79 bits per heavy atom. The van der Waals surface area contributed by atoms with Crippen molar-refractivity contribution in [2.24, 2.45) is 5.10 Å². The maximum Gasteiger partial charge on any atom is 0.250 e. The highest BCUT2D eigenvalue weighted by Crippen LogP contribution is 2.30. The molecular formula is C26H26N6OS. The largest absolute Gasteiger partial charge is 0.272 e. The predicted molar refractivity (Wildman–Crippen MR) is 136 cm³/mol. The molecule has 0 bridgehead atoms. The Morgan fingerprint density at radius 3 is 2.47 bits per heavy atom. The Morgan fingerprint density at radius 1 is 1.03 bits per heavy atom. The highest BCUT2D eigenvalue weighted by atomic mass is 32.2. The van der Waals surface area contributed by atoms with Crippen molar-refractivity contribution in [1.82, 2.24) is 25.2 Å². The number of pyridine rings is 1. The van der Waals surface area contributed by atoms with E-state index in [9.17, 15) is 4.79 Å². The molecule has 4 rings (SSSR count). The molecule has 7 nitrogen and oxygen atoms in total. The van der Waals surface area contributed by atoms with E-state index in [4.69, 9.17) is 0 Å². The monoisotopic (exact) mass is 470 g/mol. The summed E-state index contributed by atoms with van der Waals surface area (Å²) < 4.78 is 1.98. The number of aromatic nitrogens is 4. The third kappa shape index (κ3) is 5.77. The first-order valence-corrected chi connectivity index (χ1v) is 11.9. The fourth-order valence-electron chi connectivity index (χ4n) is 3.27. The van der Waals surface area contributed by atoms with Crippen LogP contribution in [0.15, 0.2) is 89.4 Å². The summed E-state index contributed by atoms with van der Waals surface area (Å²) in [7, 11) is 0. The number of para-hydroxylation sites is 1. The molecule has 172 valence electrons. The van der Waals surface area contributed by atoms with Crippen LogP contribution in [-0.4, -0.2) is 37.6 Å². The van der Waals surface area contributed by atoms with Gasteiger partial charge in [-0.2, -0.15) is 5.10 Å². The average molecular weight is 471 g/mol. The molecule has 1 N–H and O–H groups in total. The van der Waals surface area contributed by atoms with E-state index in [1.807, 2.05) is 47.0 Å². The molecule has 8 heteroatoms. The van der Waals surface area contributed by atoms with Gasteiger partial charge in [0.25, 0.3) is 5.91 Å². The Hall–Kier alpha value is -3.78. The van der Waals surface area contributed by atoms with E-state index in [1.54, 1.807) is 18.6 Å². The lowest BCUT2D eigenvalue weighted by Gasteiger charge is -2.19. The zero-order valence-electron chi connectivity index (χ0n) is 19.3. The summed E-state index contributed by atoms with van der Waals surface area (Å²) in [5.74, 6) is 0.645. The highest BCUT2D eigenvalue weighted by Gasteiger charge is 2.19. The molecule has 0 aliphatic heterocycles. The summed E-state index contributed by atoms with van der Waals surface area (Å²) in [6.45, 7) is 6.57. The maximum atomic E-state index is 12.3. The van der Waals surface area contributed by atoms with Crippen LogP contribution in [0.1, 0.15) is 31.9 Å². The zero-order valence-corrected chi connectivity index (χ0v) is 20.2. The molecular weight excluding hydrogens is 444 g/mol. The van der Waals surface area contributed by atoms with Crippen molar-refractivity contribution in [3.63, 3.8) is 0 Å². The molecule has 4 aromatic rings. The van der Waals surface area contributed by atoms with E-state index in [0.29, 0.717) is 5.16 Å². The van der Waals surface area contributed by atoms with Crippen LogP contribution in [0.4, 0.5) is 0 Å². The molecule has 2 aromatic heterocycles. The first kappa shape index (κ1) is 23.4. The van der Waals surface area contributed by atoms with Gasteiger partial charge in [0.2, 0.25) is 0 Å². The number of carbonyl (C=O) groups excluding carboxylic acids is 1. The third-order valence-corrected chi connectivity index (χ3v) is 6.01. The minimum absolute atomic E-state index is 0.0690. The Kier molecular flexibility index (Phi) is 7.18. The van der Waals surface area contributed by atoms with Gasteiger partial charge in [0, 0.05) is 29.2 Å². The normalized spacial score (nSPS) is 11.6. The van der Waals surface area contributed by atoms with E-state index in [-0.39, 0.29) is 17.1 Å². The number of hydrazone groups is 1. The van der Waals surface area contributed by atoms with Gasteiger partial charge in [0.1, 0.15) is 0 Å². The molecule has 0 radical (unpaired) electrons. The number of nitrogens with one attached hydrogen (secondary N) is 1. The smallest absolute Gasteiger partial charge is 0.250 e. The van der Waals surface area contributed by atoms with Gasteiger partial charge in [-0.05, 0) is 29.2 Å². The van der Waals surface area contributed by atoms with Crippen molar-refractivity contribution in [2.45, 2.75) is 31.3 Å².